The topological polar surface area (TPSA) is 24.5 Å². The van der Waals surface area contributed by atoms with E-state index in [-0.39, 0.29) is 0 Å². The highest BCUT2D eigenvalue weighted by molar-refractivity contribution is 4.80. The van der Waals surface area contributed by atoms with Crippen LogP contribution in [0.5, 0.6) is 0 Å². The Hall–Kier alpha value is -0.120. The molecule has 0 radical (unpaired) electrons. The van der Waals surface area contributed by atoms with E-state index in [2.05, 4.69) is 24.1 Å². The molecule has 1 saturated heterocycles. The second-order valence-electron chi connectivity index (χ2n) is 5.16. The van der Waals surface area contributed by atoms with Gasteiger partial charge in [-0.25, -0.2) is 0 Å². The predicted octanol–water partition coefficient (Wildman–Crippen LogP) is 1.73. The molecule has 0 aliphatic carbocycles. The summed E-state index contributed by atoms with van der Waals surface area (Å²) in [4.78, 5) is 2.61. The lowest BCUT2D eigenvalue weighted by Crippen LogP contribution is -2.52. The van der Waals surface area contributed by atoms with Crippen molar-refractivity contribution in [1.82, 2.24) is 10.2 Å². The number of hydrogen-bond acceptors (Lipinski definition) is 3. The fourth-order valence-electron chi connectivity index (χ4n) is 2.25. The third kappa shape index (κ3) is 5.28. The quantitative estimate of drug-likeness (QED) is 0.672. The summed E-state index contributed by atoms with van der Waals surface area (Å²) in [6.07, 6.45) is 3.81. The van der Waals surface area contributed by atoms with Crippen LogP contribution in [0.2, 0.25) is 0 Å². The van der Waals surface area contributed by atoms with Gasteiger partial charge in [0.15, 0.2) is 0 Å². The van der Waals surface area contributed by atoms with Gasteiger partial charge in [0, 0.05) is 39.4 Å². The average Bonchev–Trinajstić information content (AvgIpc) is 2.29. The fraction of sp³-hybridized carbons (Fsp3) is 1.00. The van der Waals surface area contributed by atoms with Crippen molar-refractivity contribution in [2.45, 2.75) is 39.2 Å². The summed E-state index contributed by atoms with van der Waals surface area (Å²) in [5, 5.41) is 3.60. The Bertz CT molecular complexity index is 173. The molecule has 1 unspecified atom stereocenters. The summed E-state index contributed by atoms with van der Waals surface area (Å²) in [6.45, 7) is 10.4. The third-order valence-corrected chi connectivity index (χ3v) is 3.42. The Labute approximate surface area is 101 Å². The van der Waals surface area contributed by atoms with E-state index in [1.807, 2.05) is 0 Å². The van der Waals surface area contributed by atoms with Gasteiger partial charge in [0.1, 0.15) is 0 Å². The van der Waals surface area contributed by atoms with Gasteiger partial charge in [0.25, 0.3) is 0 Å². The highest BCUT2D eigenvalue weighted by Crippen LogP contribution is 2.09. The summed E-state index contributed by atoms with van der Waals surface area (Å²) in [7, 11) is 1.78. The summed E-state index contributed by atoms with van der Waals surface area (Å²) in [5.74, 6) is 0.747. The van der Waals surface area contributed by atoms with E-state index in [0.717, 1.165) is 19.1 Å². The summed E-state index contributed by atoms with van der Waals surface area (Å²) in [6, 6.07) is 0.688. The van der Waals surface area contributed by atoms with Gasteiger partial charge in [0.2, 0.25) is 0 Å². The van der Waals surface area contributed by atoms with Gasteiger partial charge in [-0.15, -0.1) is 0 Å². The zero-order valence-electron chi connectivity index (χ0n) is 11.2. The van der Waals surface area contributed by atoms with E-state index < -0.39 is 0 Å². The molecule has 16 heavy (non-hydrogen) atoms. The van der Waals surface area contributed by atoms with Crippen LogP contribution in [-0.4, -0.2) is 50.8 Å². The summed E-state index contributed by atoms with van der Waals surface area (Å²) < 4.78 is 5.06. The zero-order chi connectivity index (χ0) is 11.8. The SMILES string of the molecule is COCCCCCN1CCNC(C(C)C)C1. The highest BCUT2D eigenvalue weighted by atomic mass is 16.5. The van der Waals surface area contributed by atoms with Crippen LogP contribution < -0.4 is 5.32 Å². The zero-order valence-corrected chi connectivity index (χ0v) is 11.2. The lowest BCUT2D eigenvalue weighted by molar-refractivity contribution is 0.166. The minimum Gasteiger partial charge on any atom is -0.385 e. The summed E-state index contributed by atoms with van der Waals surface area (Å²) >= 11 is 0. The molecule has 0 spiro atoms. The van der Waals surface area contributed by atoms with E-state index in [4.69, 9.17) is 4.74 Å². The molecule has 1 fully saturated rings. The van der Waals surface area contributed by atoms with E-state index in [1.54, 1.807) is 7.11 Å². The molecule has 3 nitrogen and oxygen atoms in total. The van der Waals surface area contributed by atoms with Crippen molar-refractivity contribution in [2.24, 2.45) is 5.92 Å². The molecule has 0 saturated carbocycles. The van der Waals surface area contributed by atoms with Crippen molar-refractivity contribution in [1.29, 1.82) is 0 Å². The Morgan fingerprint density at radius 3 is 2.81 bits per heavy atom. The van der Waals surface area contributed by atoms with Crippen LogP contribution in [0.15, 0.2) is 0 Å². The van der Waals surface area contributed by atoms with Crippen molar-refractivity contribution < 1.29 is 4.74 Å². The van der Waals surface area contributed by atoms with Crippen molar-refractivity contribution in [3.05, 3.63) is 0 Å². The summed E-state index contributed by atoms with van der Waals surface area (Å²) in [5.41, 5.74) is 0. The number of nitrogens with one attached hydrogen (secondary N) is 1. The molecule has 3 heteroatoms. The molecule has 0 aromatic rings. The van der Waals surface area contributed by atoms with Crippen LogP contribution >= 0.6 is 0 Å². The van der Waals surface area contributed by atoms with Crippen LogP contribution in [0.3, 0.4) is 0 Å². The molecule has 0 aromatic carbocycles. The van der Waals surface area contributed by atoms with Gasteiger partial charge in [0.05, 0.1) is 0 Å². The Kier molecular flexibility index (Phi) is 7.01. The van der Waals surface area contributed by atoms with Gasteiger partial charge in [-0.1, -0.05) is 13.8 Å². The number of nitrogens with zero attached hydrogens (tertiary/aromatic N) is 1. The molecule has 1 rings (SSSR count). The second kappa shape index (κ2) is 8.04. The maximum absolute atomic E-state index is 5.06. The van der Waals surface area contributed by atoms with E-state index in [9.17, 15) is 0 Å². The number of methoxy groups -OCH3 is 1. The number of unbranched alkanes of at least 4 members (excludes halogenated alkanes) is 2. The molecule has 1 heterocycles. The molecule has 0 amide bonds. The van der Waals surface area contributed by atoms with Gasteiger partial charge in [-0.2, -0.15) is 0 Å². The van der Waals surface area contributed by atoms with E-state index >= 15 is 0 Å². The number of hydrogen-bond donors (Lipinski definition) is 1. The van der Waals surface area contributed by atoms with Crippen molar-refractivity contribution >= 4 is 0 Å². The molecule has 1 atom stereocenters. The van der Waals surface area contributed by atoms with E-state index in [0.29, 0.717) is 6.04 Å². The number of ether oxygens (including phenoxy) is 1. The molecular weight excluding hydrogens is 200 g/mol. The Balaban J connectivity index is 2.07. The van der Waals surface area contributed by atoms with Crippen molar-refractivity contribution in [3.8, 4) is 0 Å². The normalized spacial score (nSPS) is 22.9. The Morgan fingerprint density at radius 1 is 1.31 bits per heavy atom. The van der Waals surface area contributed by atoms with Crippen LogP contribution in [-0.2, 0) is 4.74 Å². The molecule has 1 N–H and O–H groups in total. The molecule has 1 aliphatic heterocycles. The predicted molar refractivity (Wildman–Crippen MR) is 68.8 cm³/mol. The van der Waals surface area contributed by atoms with Crippen LogP contribution in [0.25, 0.3) is 0 Å². The van der Waals surface area contributed by atoms with Gasteiger partial charge in [-0.05, 0) is 31.7 Å². The first-order chi connectivity index (χ1) is 7.74. The van der Waals surface area contributed by atoms with Crippen molar-refractivity contribution in [2.75, 3.05) is 39.9 Å². The molecular formula is C13H28N2O. The number of piperazine rings is 1. The monoisotopic (exact) mass is 228 g/mol. The lowest BCUT2D eigenvalue weighted by atomic mass is 10.0. The molecule has 96 valence electrons. The Morgan fingerprint density at radius 2 is 2.12 bits per heavy atom. The number of rotatable bonds is 7. The van der Waals surface area contributed by atoms with Gasteiger partial charge >= 0.3 is 0 Å². The maximum Gasteiger partial charge on any atom is 0.0462 e. The lowest BCUT2D eigenvalue weighted by Gasteiger charge is -2.35. The van der Waals surface area contributed by atoms with Crippen LogP contribution in [0, 0.1) is 5.92 Å². The largest absolute Gasteiger partial charge is 0.385 e. The first-order valence-electron chi connectivity index (χ1n) is 6.68. The van der Waals surface area contributed by atoms with Crippen LogP contribution in [0.4, 0.5) is 0 Å². The average molecular weight is 228 g/mol. The maximum atomic E-state index is 5.06. The van der Waals surface area contributed by atoms with E-state index in [1.165, 1.54) is 38.9 Å². The minimum atomic E-state index is 0.688. The molecule has 1 aliphatic rings. The smallest absolute Gasteiger partial charge is 0.0462 e. The third-order valence-electron chi connectivity index (χ3n) is 3.42. The highest BCUT2D eigenvalue weighted by Gasteiger charge is 2.20. The first kappa shape index (κ1) is 13.9. The van der Waals surface area contributed by atoms with Gasteiger partial charge < -0.3 is 15.0 Å². The van der Waals surface area contributed by atoms with Crippen molar-refractivity contribution in [3.63, 3.8) is 0 Å². The minimum absolute atomic E-state index is 0.688. The first-order valence-corrected chi connectivity index (χ1v) is 6.68. The standard InChI is InChI=1S/C13H28N2O/c1-12(2)13-11-15(9-7-14-13)8-5-4-6-10-16-3/h12-14H,4-11H2,1-3H3. The molecule has 0 aromatic heterocycles. The van der Waals surface area contributed by atoms with Crippen LogP contribution in [0.1, 0.15) is 33.1 Å². The molecule has 0 bridgehead atoms. The fourth-order valence-corrected chi connectivity index (χ4v) is 2.25. The van der Waals surface area contributed by atoms with Gasteiger partial charge in [-0.3, -0.25) is 0 Å². The second-order valence-corrected chi connectivity index (χ2v) is 5.16.